The van der Waals surface area contributed by atoms with E-state index < -0.39 is 6.09 Å². The third-order valence-corrected chi connectivity index (χ3v) is 1.88. The maximum absolute atomic E-state index is 10.8. The number of amides is 1. The summed E-state index contributed by atoms with van der Waals surface area (Å²) in [7, 11) is 0. The summed E-state index contributed by atoms with van der Waals surface area (Å²) in [4.78, 5) is 15.5. The van der Waals surface area contributed by atoms with Crippen LogP contribution in [0.5, 0.6) is 5.75 Å². The largest absolute Gasteiger partial charge is 0.490 e. The lowest BCUT2D eigenvalue weighted by molar-refractivity contribution is -0.0841. The molecule has 0 radical (unpaired) electrons. The number of carbonyl (C=O) groups excluding carboxylic acids is 1. The second-order valence-electron chi connectivity index (χ2n) is 3.06. The van der Waals surface area contributed by atoms with E-state index in [4.69, 9.17) is 14.3 Å². The molecule has 1 heterocycles. The molecule has 0 saturated carbocycles. The molecule has 1 saturated heterocycles. The molecule has 15 heavy (non-hydrogen) atoms. The van der Waals surface area contributed by atoms with Crippen LogP contribution in [0.2, 0.25) is 0 Å². The Bertz CT molecular complexity index is 327. The first-order chi connectivity index (χ1) is 7.34. The van der Waals surface area contributed by atoms with Crippen molar-refractivity contribution in [1.82, 2.24) is 5.48 Å². The van der Waals surface area contributed by atoms with Gasteiger partial charge in [-0.1, -0.05) is 18.2 Å². The molecular weight excluding hydrogens is 198 g/mol. The first kappa shape index (κ1) is 9.79. The lowest BCUT2D eigenvalue weighted by atomic mass is 10.3. The fourth-order valence-electron chi connectivity index (χ4n) is 1.19. The number of cyclic esters (lactones) is 1. The predicted octanol–water partition coefficient (Wildman–Crippen LogP) is 1.11. The molecule has 1 aromatic carbocycles. The van der Waals surface area contributed by atoms with Gasteiger partial charge in [-0.2, -0.15) is 5.48 Å². The van der Waals surface area contributed by atoms with Crippen LogP contribution >= 0.6 is 0 Å². The molecule has 0 bridgehead atoms. The molecule has 1 atom stereocenters. The van der Waals surface area contributed by atoms with Crippen molar-refractivity contribution in [1.29, 1.82) is 0 Å². The highest BCUT2D eigenvalue weighted by Crippen LogP contribution is 2.10. The number of ether oxygens (including phenoxy) is 2. The van der Waals surface area contributed by atoms with E-state index in [1.165, 1.54) is 0 Å². The second kappa shape index (κ2) is 4.65. The van der Waals surface area contributed by atoms with Gasteiger partial charge in [0.25, 0.3) is 0 Å². The van der Waals surface area contributed by atoms with Gasteiger partial charge in [0.2, 0.25) is 0 Å². The van der Waals surface area contributed by atoms with Gasteiger partial charge < -0.3 is 9.47 Å². The molecule has 1 fully saturated rings. The molecular formula is C10H11NO4. The van der Waals surface area contributed by atoms with Crippen LogP contribution in [0.3, 0.4) is 0 Å². The third-order valence-electron chi connectivity index (χ3n) is 1.88. The van der Waals surface area contributed by atoms with Gasteiger partial charge in [-0.25, -0.2) is 4.79 Å². The smallest absolute Gasteiger partial charge is 0.431 e. The highest BCUT2D eigenvalue weighted by atomic mass is 16.7. The second-order valence-corrected chi connectivity index (χ2v) is 3.06. The fourth-order valence-corrected chi connectivity index (χ4v) is 1.19. The minimum Gasteiger partial charge on any atom is -0.490 e. The summed E-state index contributed by atoms with van der Waals surface area (Å²) >= 11 is 0. The summed E-state index contributed by atoms with van der Waals surface area (Å²) in [6.45, 7) is 0.579. The Kier molecular flexibility index (Phi) is 3.04. The van der Waals surface area contributed by atoms with Crippen LogP contribution in [-0.2, 0) is 9.57 Å². The van der Waals surface area contributed by atoms with E-state index in [0.717, 1.165) is 5.75 Å². The molecule has 0 spiro atoms. The zero-order valence-corrected chi connectivity index (χ0v) is 8.01. The van der Waals surface area contributed by atoms with E-state index in [-0.39, 0.29) is 12.7 Å². The third kappa shape index (κ3) is 2.85. The van der Waals surface area contributed by atoms with Crippen LogP contribution in [0.4, 0.5) is 4.79 Å². The monoisotopic (exact) mass is 209 g/mol. The van der Waals surface area contributed by atoms with Crippen molar-refractivity contribution in [2.75, 3.05) is 13.2 Å². The lowest BCUT2D eigenvalue weighted by Gasteiger charge is -2.22. The Hall–Kier alpha value is -1.75. The van der Waals surface area contributed by atoms with Gasteiger partial charge >= 0.3 is 6.09 Å². The number of hydrogen-bond acceptors (Lipinski definition) is 4. The van der Waals surface area contributed by atoms with Crippen LogP contribution < -0.4 is 10.2 Å². The SMILES string of the molecule is O=C1NOCC(COc2ccccc2)O1. The average Bonchev–Trinajstić information content (AvgIpc) is 2.28. The van der Waals surface area contributed by atoms with Crippen LogP contribution in [0.15, 0.2) is 30.3 Å². The Balaban J connectivity index is 1.80. The molecule has 1 aliphatic rings. The minimum absolute atomic E-state index is 0.289. The number of rotatable bonds is 3. The van der Waals surface area contributed by atoms with Crippen molar-refractivity contribution in [3.8, 4) is 5.75 Å². The van der Waals surface area contributed by atoms with Gasteiger partial charge in [0, 0.05) is 0 Å². The topological polar surface area (TPSA) is 56.8 Å². The number of carbonyl (C=O) groups is 1. The summed E-state index contributed by atoms with van der Waals surface area (Å²) < 4.78 is 10.3. The van der Waals surface area contributed by atoms with Crippen molar-refractivity contribution in [2.45, 2.75) is 6.10 Å². The van der Waals surface area contributed by atoms with E-state index in [9.17, 15) is 4.79 Å². The highest BCUT2D eigenvalue weighted by Gasteiger charge is 2.21. The zero-order valence-electron chi connectivity index (χ0n) is 8.01. The van der Waals surface area contributed by atoms with Crippen molar-refractivity contribution < 1.29 is 19.1 Å². The van der Waals surface area contributed by atoms with Crippen LogP contribution in [0, 0.1) is 0 Å². The van der Waals surface area contributed by atoms with Gasteiger partial charge in [0.1, 0.15) is 19.0 Å². The number of hydroxylamine groups is 1. The molecule has 2 rings (SSSR count). The van der Waals surface area contributed by atoms with Gasteiger partial charge in [-0.3, -0.25) is 4.84 Å². The molecule has 80 valence electrons. The Labute approximate surface area is 86.9 Å². The minimum atomic E-state index is -0.581. The fraction of sp³-hybridized carbons (Fsp3) is 0.300. The van der Waals surface area contributed by atoms with Crippen molar-refractivity contribution in [3.05, 3.63) is 30.3 Å². The van der Waals surface area contributed by atoms with E-state index in [2.05, 4.69) is 5.48 Å². The summed E-state index contributed by atoms with van der Waals surface area (Å²) in [5, 5.41) is 0. The van der Waals surface area contributed by atoms with Crippen LogP contribution in [-0.4, -0.2) is 25.4 Å². The quantitative estimate of drug-likeness (QED) is 0.810. The number of para-hydroxylation sites is 1. The summed E-state index contributed by atoms with van der Waals surface area (Å²) in [5.41, 5.74) is 2.09. The van der Waals surface area contributed by atoms with Crippen molar-refractivity contribution >= 4 is 6.09 Å². The van der Waals surface area contributed by atoms with Crippen molar-refractivity contribution in [3.63, 3.8) is 0 Å². The summed E-state index contributed by atoms with van der Waals surface area (Å²) in [5.74, 6) is 0.743. The molecule has 5 heteroatoms. The van der Waals surface area contributed by atoms with Gasteiger partial charge in [0.05, 0.1) is 0 Å². The van der Waals surface area contributed by atoms with Crippen molar-refractivity contribution in [2.24, 2.45) is 0 Å². The maximum atomic E-state index is 10.8. The molecule has 0 aromatic heterocycles. The average molecular weight is 209 g/mol. The van der Waals surface area contributed by atoms with E-state index >= 15 is 0 Å². The Morgan fingerprint density at radius 2 is 2.20 bits per heavy atom. The number of hydrogen-bond donors (Lipinski definition) is 1. The predicted molar refractivity (Wildman–Crippen MR) is 51.3 cm³/mol. The van der Waals surface area contributed by atoms with Gasteiger partial charge in [-0.15, -0.1) is 0 Å². The number of nitrogens with one attached hydrogen (secondary N) is 1. The van der Waals surface area contributed by atoms with Gasteiger partial charge in [-0.05, 0) is 12.1 Å². The molecule has 1 aromatic rings. The standard InChI is InChI=1S/C10H11NO4/c12-10-11-14-7-9(15-10)6-13-8-4-2-1-3-5-8/h1-5,9H,6-7H2,(H,11,12). The van der Waals surface area contributed by atoms with E-state index in [1.807, 2.05) is 30.3 Å². The Morgan fingerprint density at radius 1 is 1.40 bits per heavy atom. The molecule has 1 amide bonds. The normalized spacial score (nSPS) is 20.3. The van der Waals surface area contributed by atoms with E-state index in [0.29, 0.717) is 6.61 Å². The molecule has 5 nitrogen and oxygen atoms in total. The summed E-state index contributed by atoms with van der Waals surface area (Å²) in [6.07, 6.45) is -0.943. The molecule has 1 unspecified atom stereocenters. The molecule has 0 aliphatic carbocycles. The van der Waals surface area contributed by atoms with Crippen LogP contribution in [0.25, 0.3) is 0 Å². The lowest BCUT2D eigenvalue weighted by Crippen LogP contribution is -2.42. The summed E-state index contributed by atoms with van der Waals surface area (Å²) in [6, 6.07) is 9.33. The highest BCUT2D eigenvalue weighted by molar-refractivity contribution is 5.66. The number of benzene rings is 1. The molecule has 1 aliphatic heterocycles. The zero-order chi connectivity index (χ0) is 10.5. The van der Waals surface area contributed by atoms with Crippen LogP contribution in [0.1, 0.15) is 0 Å². The first-order valence-electron chi connectivity index (χ1n) is 4.61. The Morgan fingerprint density at radius 3 is 2.93 bits per heavy atom. The maximum Gasteiger partial charge on any atom is 0.431 e. The van der Waals surface area contributed by atoms with Gasteiger partial charge in [0.15, 0.2) is 6.10 Å². The first-order valence-corrected chi connectivity index (χ1v) is 4.61. The van der Waals surface area contributed by atoms with E-state index in [1.54, 1.807) is 0 Å². The molecule has 1 N–H and O–H groups in total.